The predicted molar refractivity (Wildman–Crippen MR) is 88.7 cm³/mol. The van der Waals surface area contributed by atoms with Crippen LogP contribution >= 0.6 is 0 Å². The lowest BCUT2D eigenvalue weighted by molar-refractivity contribution is 0.347. The lowest BCUT2D eigenvalue weighted by Gasteiger charge is -2.10. The lowest BCUT2D eigenvalue weighted by atomic mass is 10.1. The van der Waals surface area contributed by atoms with E-state index < -0.39 is 0 Å². The molecule has 0 unspecified atom stereocenters. The van der Waals surface area contributed by atoms with Gasteiger partial charge in [0, 0.05) is 12.6 Å². The average molecular weight is 341 g/mol. The van der Waals surface area contributed by atoms with Gasteiger partial charge in [0.15, 0.2) is 5.75 Å². The third-order valence-corrected chi connectivity index (χ3v) is 3.39. The second kappa shape index (κ2) is 7.57. The van der Waals surface area contributed by atoms with Gasteiger partial charge in [0.25, 0.3) is 0 Å². The van der Waals surface area contributed by atoms with Gasteiger partial charge in [0.1, 0.15) is 5.82 Å². The summed E-state index contributed by atoms with van der Waals surface area (Å²) >= 11 is 0. The fourth-order valence-corrected chi connectivity index (χ4v) is 2.23. The summed E-state index contributed by atoms with van der Waals surface area (Å²) in [4.78, 5) is 12.6. The number of ether oxygens (including phenoxy) is 3. The molecule has 0 fully saturated rings. The molecule has 0 saturated heterocycles. The van der Waals surface area contributed by atoms with Crippen LogP contribution in [0.15, 0.2) is 48.7 Å². The monoisotopic (exact) mass is 341 g/mol. The molecule has 25 heavy (non-hydrogen) atoms. The van der Waals surface area contributed by atoms with Crippen molar-refractivity contribution in [2.45, 2.75) is 6.42 Å². The largest absolute Gasteiger partial charge is 0.481 e. The van der Waals surface area contributed by atoms with Crippen LogP contribution in [-0.2, 0) is 6.42 Å². The van der Waals surface area contributed by atoms with Crippen molar-refractivity contribution in [3.05, 3.63) is 65.7 Å². The molecule has 2 heterocycles. The maximum absolute atomic E-state index is 13.4. The smallest absolute Gasteiger partial charge is 0.328 e. The van der Waals surface area contributed by atoms with E-state index in [9.17, 15) is 4.39 Å². The van der Waals surface area contributed by atoms with Crippen LogP contribution in [0.5, 0.6) is 23.5 Å². The van der Waals surface area contributed by atoms with Crippen LogP contribution in [0.3, 0.4) is 0 Å². The number of benzene rings is 1. The van der Waals surface area contributed by atoms with Gasteiger partial charge in [-0.15, -0.1) is 0 Å². The maximum atomic E-state index is 13.4. The minimum Gasteiger partial charge on any atom is -0.481 e. The molecule has 0 aliphatic heterocycles. The standard InChI is InChI=1S/C18H16FN3O3/c1-23-16-11-17(24-2)22-18(21-16)25-15-7-4-8-20-14(15)10-12-5-3-6-13(19)9-12/h3-9,11H,10H2,1-2H3. The van der Waals surface area contributed by atoms with Crippen molar-refractivity contribution >= 4 is 0 Å². The maximum Gasteiger partial charge on any atom is 0.328 e. The second-order valence-electron chi connectivity index (χ2n) is 5.09. The first kappa shape index (κ1) is 16.6. The molecule has 0 bridgehead atoms. The summed E-state index contributed by atoms with van der Waals surface area (Å²) in [5.74, 6) is 0.814. The molecule has 3 rings (SSSR count). The molecular formula is C18H16FN3O3. The van der Waals surface area contributed by atoms with Crippen molar-refractivity contribution in [2.24, 2.45) is 0 Å². The fourth-order valence-electron chi connectivity index (χ4n) is 2.23. The highest BCUT2D eigenvalue weighted by Crippen LogP contribution is 2.26. The molecule has 0 radical (unpaired) electrons. The van der Waals surface area contributed by atoms with E-state index in [1.807, 2.05) is 6.07 Å². The van der Waals surface area contributed by atoms with Crippen molar-refractivity contribution in [1.82, 2.24) is 15.0 Å². The first-order valence-corrected chi connectivity index (χ1v) is 7.51. The molecule has 128 valence electrons. The Morgan fingerprint density at radius 2 is 1.72 bits per heavy atom. The Labute approximate surface area is 144 Å². The predicted octanol–water partition coefficient (Wildman–Crippen LogP) is 3.41. The quantitative estimate of drug-likeness (QED) is 0.684. The summed E-state index contributed by atoms with van der Waals surface area (Å²) in [7, 11) is 2.98. The summed E-state index contributed by atoms with van der Waals surface area (Å²) in [6.07, 6.45) is 2.06. The van der Waals surface area contributed by atoms with E-state index in [0.717, 1.165) is 5.56 Å². The number of methoxy groups -OCH3 is 2. The van der Waals surface area contributed by atoms with E-state index >= 15 is 0 Å². The van der Waals surface area contributed by atoms with Crippen LogP contribution in [-0.4, -0.2) is 29.2 Å². The third-order valence-electron chi connectivity index (χ3n) is 3.39. The number of rotatable bonds is 6. The summed E-state index contributed by atoms with van der Waals surface area (Å²) in [5, 5.41) is 0. The highest BCUT2D eigenvalue weighted by atomic mass is 19.1. The number of hydrogen-bond acceptors (Lipinski definition) is 6. The zero-order valence-electron chi connectivity index (χ0n) is 13.8. The number of nitrogens with zero attached hydrogens (tertiary/aromatic N) is 3. The first-order chi connectivity index (χ1) is 12.2. The Morgan fingerprint density at radius 3 is 2.40 bits per heavy atom. The zero-order chi connectivity index (χ0) is 17.6. The first-order valence-electron chi connectivity index (χ1n) is 7.51. The fraction of sp³-hybridized carbons (Fsp3) is 0.167. The van der Waals surface area contributed by atoms with Gasteiger partial charge in [-0.25, -0.2) is 4.39 Å². The van der Waals surface area contributed by atoms with E-state index in [-0.39, 0.29) is 11.8 Å². The topological polar surface area (TPSA) is 66.4 Å². The summed E-state index contributed by atoms with van der Waals surface area (Å²) in [5.41, 5.74) is 1.42. The molecule has 0 aliphatic rings. The Hall–Kier alpha value is -3.22. The molecule has 0 saturated carbocycles. The molecule has 0 aliphatic carbocycles. The summed E-state index contributed by atoms with van der Waals surface area (Å²) in [6, 6.07) is 11.4. The van der Waals surface area contributed by atoms with Crippen LogP contribution in [0.25, 0.3) is 0 Å². The molecule has 0 N–H and O–H groups in total. The normalized spacial score (nSPS) is 10.4. The van der Waals surface area contributed by atoms with Gasteiger partial charge < -0.3 is 14.2 Å². The summed E-state index contributed by atoms with van der Waals surface area (Å²) in [6.45, 7) is 0. The molecule has 3 aromatic rings. The van der Waals surface area contributed by atoms with Crippen molar-refractivity contribution in [2.75, 3.05) is 14.2 Å². The number of halogens is 1. The van der Waals surface area contributed by atoms with Gasteiger partial charge in [-0.3, -0.25) is 4.98 Å². The molecule has 0 atom stereocenters. The second-order valence-corrected chi connectivity index (χ2v) is 5.09. The van der Waals surface area contributed by atoms with Crippen molar-refractivity contribution in [3.63, 3.8) is 0 Å². The molecule has 2 aromatic heterocycles. The van der Waals surface area contributed by atoms with Gasteiger partial charge >= 0.3 is 6.01 Å². The van der Waals surface area contributed by atoms with Crippen LogP contribution < -0.4 is 14.2 Å². The van der Waals surface area contributed by atoms with Crippen LogP contribution in [0, 0.1) is 5.82 Å². The highest BCUT2D eigenvalue weighted by molar-refractivity contribution is 5.35. The van der Waals surface area contributed by atoms with Crippen molar-refractivity contribution < 1.29 is 18.6 Å². The van der Waals surface area contributed by atoms with E-state index in [2.05, 4.69) is 15.0 Å². The molecule has 7 heteroatoms. The Morgan fingerprint density at radius 1 is 0.960 bits per heavy atom. The lowest BCUT2D eigenvalue weighted by Crippen LogP contribution is -2.01. The van der Waals surface area contributed by atoms with E-state index in [0.29, 0.717) is 29.6 Å². The minimum absolute atomic E-state index is 0.0738. The summed E-state index contributed by atoms with van der Waals surface area (Å²) < 4.78 is 29.4. The molecule has 0 amide bonds. The van der Waals surface area contributed by atoms with Gasteiger partial charge in [-0.1, -0.05) is 12.1 Å². The Balaban J connectivity index is 1.88. The number of pyridine rings is 1. The average Bonchev–Trinajstić information content (AvgIpc) is 2.63. The van der Waals surface area contributed by atoms with E-state index in [4.69, 9.17) is 14.2 Å². The Kier molecular flexibility index (Phi) is 5.03. The number of hydrogen-bond donors (Lipinski definition) is 0. The van der Waals surface area contributed by atoms with Crippen LogP contribution in [0.1, 0.15) is 11.3 Å². The van der Waals surface area contributed by atoms with E-state index in [1.165, 1.54) is 26.4 Å². The molecule has 6 nitrogen and oxygen atoms in total. The third kappa shape index (κ3) is 4.20. The SMILES string of the molecule is COc1cc(OC)nc(Oc2cccnc2Cc2cccc(F)c2)n1. The zero-order valence-corrected chi connectivity index (χ0v) is 13.8. The van der Waals surface area contributed by atoms with Gasteiger partial charge in [-0.2, -0.15) is 9.97 Å². The molecule has 0 spiro atoms. The number of aromatic nitrogens is 3. The van der Waals surface area contributed by atoms with Gasteiger partial charge in [0.05, 0.1) is 26.0 Å². The van der Waals surface area contributed by atoms with Gasteiger partial charge in [0.2, 0.25) is 11.8 Å². The van der Waals surface area contributed by atoms with Crippen molar-refractivity contribution in [1.29, 1.82) is 0 Å². The minimum atomic E-state index is -0.295. The molecular weight excluding hydrogens is 325 g/mol. The molecule has 1 aromatic carbocycles. The van der Waals surface area contributed by atoms with Crippen LogP contribution in [0.2, 0.25) is 0 Å². The van der Waals surface area contributed by atoms with Crippen molar-refractivity contribution in [3.8, 4) is 23.5 Å². The Bertz CT molecular complexity index is 851. The van der Waals surface area contributed by atoms with Crippen LogP contribution in [0.4, 0.5) is 4.39 Å². The highest BCUT2D eigenvalue weighted by Gasteiger charge is 2.12. The van der Waals surface area contributed by atoms with E-state index in [1.54, 1.807) is 30.5 Å². The van der Waals surface area contributed by atoms with Gasteiger partial charge in [-0.05, 0) is 29.8 Å².